The second-order valence-corrected chi connectivity index (χ2v) is 4.46. The van der Waals surface area contributed by atoms with Crippen LogP contribution in [0.15, 0.2) is 17.5 Å². The standard InChI is InChI=1S/C11H6F5NS/c12-6-5(11(17)4-2-1-3-18-4)7(13)9(15)10(16)8(6)14/h1-3,11H,17H2/t11-/m1/s1. The summed E-state index contributed by atoms with van der Waals surface area (Å²) < 4.78 is 65.7. The zero-order valence-electron chi connectivity index (χ0n) is 8.68. The second-order valence-electron chi connectivity index (χ2n) is 3.48. The molecule has 1 aromatic heterocycles. The lowest BCUT2D eigenvalue weighted by Gasteiger charge is -2.13. The predicted octanol–water partition coefficient (Wildman–Crippen LogP) is 3.49. The highest BCUT2D eigenvalue weighted by Gasteiger charge is 2.29. The summed E-state index contributed by atoms with van der Waals surface area (Å²) in [4.78, 5) is 0.304. The summed E-state index contributed by atoms with van der Waals surface area (Å²) in [6, 6.07) is 1.62. The van der Waals surface area contributed by atoms with Gasteiger partial charge in [0.2, 0.25) is 5.82 Å². The van der Waals surface area contributed by atoms with E-state index in [1.807, 2.05) is 0 Å². The van der Waals surface area contributed by atoms with Gasteiger partial charge in [0.05, 0.1) is 11.6 Å². The summed E-state index contributed by atoms with van der Waals surface area (Å²) in [5.74, 6) is -9.96. The Morgan fingerprint density at radius 2 is 1.39 bits per heavy atom. The lowest BCUT2D eigenvalue weighted by molar-refractivity contribution is 0.367. The van der Waals surface area contributed by atoms with Crippen LogP contribution in [0.25, 0.3) is 0 Å². The molecule has 0 radical (unpaired) electrons. The smallest absolute Gasteiger partial charge is 0.200 e. The number of hydrogen-bond donors (Lipinski definition) is 1. The minimum absolute atomic E-state index is 0.304. The van der Waals surface area contributed by atoms with Crippen LogP contribution < -0.4 is 5.73 Å². The minimum atomic E-state index is -2.19. The first-order valence-electron chi connectivity index (χ1n) is 4.75. The third-order valence-corrected chi connectivity index (χ3v) is 3.36. The lowest BCUT2D eigenvalue weighted by atomic mass is 10.0. The molecule has 96 valence electrons. The third kappa shape index (κ3) is 1.89. The van der Waals surface area contributed by atoms with E-state index in [4.69, 9.17) is 5.73 Å². The molecule has 0 saturated carbocycles. The molecule has 0 aliphatic carbocycles. The molecule has 1 atom stereocenters. The van der Waals surface area contributed by atoms with Gasteiger partial charge in [-0.2, -0.15) is 0 Å². The average Bonchev–Trinajstić information content (AvgIpc) is 2.88. The van der Waals surface area contributed by atoms with Crippen molar-refractivity contribution in [1.82, 2.24) is 0 Å². The van der Waals surface area contributed by atoms with Crippen LogP contribution in [-0.2, 0) is 0 Å². The van der Waals surface area contributed by atoms with E-state index in [0.29, 0.717) is 4.88 Å². The van der Waals surface area contributed by atoms with Crippen molar-refractivity contribution in [3.05, 3.63) is 57.0 Å². The maximum Gasteiger partial charge on any atom is 0.200 e. The van der Waals surface area contributed by atoms with Crippen molar-refractivity contribution in [2.24, 2.45) is 5.73 Å². The van der Waals surface area contributed by atoms with Crippen LogP contribution in [-0.4, -0.2) is 0 Å². The monoisotopic (exact) mass is 279 g/mol. The molecular formula is C11H6F5NS. The number of benzene rings is 1. The third-order valence-electron chi connectivity index (χ3n) is 2.40. The van der Waals surface area contributed by atoms with Gasteiger partial charge in [-0.25, -0.2) is 22.0 Å². The lowest BCUT2D eigenvalue weighted by Crippen LogP contribution is -2.18. The van der Waals surface area contributed by atoms with Gasteiger partial charge in [-0.15, -0.1) is 11.3 Å². The van der Waals surface area contributed by atoms with E-state index in [1.165, 1.54) is 6.07 Å². The summed E-state index contributed by atoms with van der Waals surface area (Å²) in [5, 5.41) is 1.58. The molecule has 2 aromatic rings. The Labute approximate surface area is 103 Å². The largest absolute Gasteiger partial charge is 0.319 e. The van der Waals surface area contributed by atoms with Crippen molar-refractivity contribution < 1.29 is 22.0 Å². The Hall–Kier alpha value is -1.47. The fourth-order valence-corrected chi connectivity index (χ4v) is 2.24. The van der Waals surface area contributed by atoms with E-state index >= 15 is 0 Å². The molecule has 0 unspecified atom stereocenters. The topological polar surface area (TPSA) is 26.0 Å². The molecule has 2 N–H and O–H groups in total. The van der Waals surface area contributed by atoms with Crippen molar-refractivity contribution in [3.63, 3.8) is 0 Å². The first-order valence-corrected chi connectivity index (χ1v) is 5.63. The Balaban J connectivity index is 2.65. The quantitative estimate of drug-likeness (QED) is 0.508. The average molecular weight is 279 g/mol. The minimum Gasteiger partial charge on any atom is -0.319 e. The van der Waals surface area contributed by atoms with E-state index in [0.717, 1.165) is 11.3 Å². The highest BCUT2D eigenvalue weighted by molar-refractivity contribution is 7.10. The first-order chi connectivity index (χ1) is 8.45. The Morgan fingerprint density at radius 1 is 0.889 bits per heavy atom. The molecule has 0 bridgehead atoms. The van der Waals surface area contributed by atoms with Crippen molar-refractivity contribution in [2.45, 2.75) is 6.04 Å². The van der Waals surface area contributed by atoms with Crippen LogP contribution in [0.3, 0.4) is 0 Å². The highest BCUT2D eigenvalue weighted by atomic mass is 32.1. The van der Waals surface area contributed by atoms with Crippen LogP contribution in [0.4, 0.5) is 22.0 Å². The number of thiophene rings is 1. The van der Waals surface area contributed by atoms with Crippen molar-refractivity contribution >= 4 is 11.3 Å². The Morgan fingerprint density at radius 3 is 1.83 bits per heavy atom. The number of hydrogen-bond acceptors (Lipinski definition) is 2. The summed E-state index contributed by atoms with van der Waals surface area (Å²) in [5.41, 5.74) is 4.51. The highest BCUT2D eigenvalue weighted by Crippen LogP contribution is 2.31. The number of halogens is 5. The molecule has 1 aromatic carbocycles. The van der Waals surface area contributed by atoms with E-state index in [1.54, 1.807) is 11.4 Å². The zero-order chi connectivity index (χ0) is 13.4. The van der Waals surface area contributed by atoms with Gasteiger partial charge in [-0.05, 0) is 11.4 Å². The van der Waals surface area contributed by atoms with Crippen molar-refractivity contribution in [1.29, 1.82) is 0 Å². The van der Waals surface area contributed by atoms with Crippen LogP contribution in [0.5, 0.6) is 0 Å². The molecule has 1 heterocycles. The SMILES string of the molecule is N[C@H](c1cccs1)c1c(F)c(F)c(F)c(F)c1F. The van der Waals surface area contributed by atoms with Gasteiger partial charge < -0.3 is 5.73 Å². The maximum atomic E-state index is 13.4. The molecule has 0 aliphatic heterocycles. The number of nitrogens with two attached hydrogens (primary N) is 1. The second kappa shape index (κ2) is 4.66. The Bertz CT molecular complexity index is 553. The predicted molar refractivity (Wildman–Crippen MR) is 56.6 cm³/mol. The molecule has 2 rings (SSSR count). The summed E-state index contributed by atoms with van der Waals surface area (Å²) >= 11 is 1.06. The zero-order valence-corrected chi connectivity index (χ0v) is 9.50. The van der Waals surface area contributed by atoms with Crippen molar-refractivity contribution in [3.8, 4) is 0 Å². The van der Waals surface area contributed by atoms with Gasteiger partial charge in [0.1, 0.15) is 0 Å². The molecular weight excluding hydrogens is 273 g/mol. The van der Waals surface area contributed by atoms with Crippen molar-refractivity contribution in [2.75, 3.05) is 0 Å². The molecule has 0 fully saturated rings. The van der Waals surface area contributed by atoms with E-state index in [2.05, 4.69) is 0 Å². The molecule has 0 aliphatic rings. The maximum absolute atomic E-state index is 13.4. The molecule has 0 saturated heterocycles. The molecule has 7 heteroatoms. The van der Waals surface area contributed by atoms with Gasteiger partial charge >= 0.3 is 0 Å². The van der Waals surface area contributed by atoms with Gasteiger partial charge in [-0.3, -0.25) is 0 Å². The van der Waals surface area contributed by atoms with Crippen LogP contribution >= 0.6 is 11.3 Å². The summed E-state index contributed by atoms with van der Waals surface area (Å²) in [6.45, 7) is 0. The van der Waals surface area contributed by atoms with Crippen LogP contribution in [0.1, 0.15) is 16.5 Å². The van der Waals surface area contributed by atoms with Crippen LogP contribution in [0, 0.1) is 29.1 Å². The number of rotatable bonds is 2. The van der Waals surface area contributed by atoms with Gasteiger partial charge in [0.15, 0.2) is 23.3 Å². The Kier molecular flexibility index (Phi) is 3.36. The van der Waals surface area contributed by atoms with E-state index in [-0.39, 0.29) is 0 Å². The molecule has 0 amide bonds. The van der Waals surface area contributed by atoms with E-state index < -0.39 is 40.7 Å². The van der Waals surface area contributed by atoms with Gasteiger partial charge in [0, 0.05) is 4.88 Å². The first kappa shape index (κ1) is 13.0. The molecule has 0 spiro atoms. The van der Waals surface area contributed by atoms with Gasteiger partial charge in [0.25, 0.3) is 0 Å². The normalized spacial score (nSPS) is 12.8. The van der Waals surface area contributed by atoms with Gasteiger partial charge in [-0.1, -0.05) is 6.07 Å². The molecule has 1 nitrogen and oxygen atoms in total. The fraction of sp³-hybridized carbons (Fsp3) is 0.0909. The molecule has 18 heavy (non-hydrogen) atoms. The van der Waals surface area contributed by atoms with Crippen LogP contribution in [0.2, 0.25) is 0 Å². The summed E-state index contributed by atoms with van der Waals surface area (Å²) in [7, 11) is 0. The summed E-state index contributed by atoms with van der Waals surface area (Å²) in [6.07, 6.45) is 0. The van der Waals surface area contributed by atoms with E-state index in [9.17, 15) is 22.0 Å². The fourth-order valence-electron chi connectivity index (χ4n) is 1.51.